The second-order valence-corrected chi connectivity index (χ2v) is 8.12. The summed E-state index contributed by atoms with van der Waals surface area (Å²) >= 11 is 0. The Kier molecular flexibility index (Phi) is 9.39. The second kappa shape index (κ2) is 12.0. The normalized spacial score (nSPS) is 13.4. The number of hydrogen-bond acceptors (Lipinski definition) is 4. The number of alkyl halides is 3. The molecule has 2 atom stereocenters. The average Bonchev–Trinajstić information content (AvgIpc) is 2.78. The molecule has 2 aromatic rings. The van der Waals surface area contributed by atoms with Crippen molar-refractivity contribution in [2.24, 2.45) is 5.92 Å². The van der Waals surface area contributed by atoms with Crippen LogP contribution in [0.25, 0.3) is 17.2 Å². The number of carboxylic acids is 1. The molecule has 180 valence electrons. The molecule has 0 aliphatic rings. The molecule has 0 spiro atoms. The van der Waals surface area contributed by atoms with Crippen LogP contribution in [0.3, 0.4) is 0 Å². The van der Waals surface area contributed by atoms with E-state index in [9.17, 15) is 22.8 Å². The SMILES string of the molecule is CC(C)C[C@H](N[C@@H](c1ccc(-c2cccc(/C=C/C(=O)O)c2)cc1)C(F)(F)F)C(=O)NCC#N. The number of nitriles is 1. The monoisotopic (exact) mass is 473 g/mol. The molecule has 0 radical (unpaired) electrons. The van der Waals surface area contributed by atoms with Gasteiger partial charge in [0.05, 0.1) is 12.1 Å². The second-order valence-electron chi connectivity index (χ2n) is 8.12. The van der Waals surface area contributed by atoms with Crippen molar-refractivity contribution in [3.05, 3.63) is 65.7 Å². The van der Waals surface area contributed by atoms with Gasteiger partial charge in [-0.3, -0.25) is 10.1 Å². The van der Waals surface area contributed by atoms with Gasteiger partial charge in [0, 0.05) is 6.08 Å². The Bertz CT molecular complexity index is 1060. The first-order valence-corrected chi connectivity index (χ1v) is 10.6. The van der Waals surface area contributed by atoms with Crippen LogP contribution >= 0.6 is 0 Å². The van der Waals surface area contributed by atoms with E-state index in [1.165, 1.54) is 18.2 Å². The zero-order valence-electron chi connectivity index (χ0n) is 18.8. The highest BCUT2D eigenvalue weighted by Gasteiger charge is 2.42. The summed E-state index contributed by atoms with van der Waals surface area (Å²) in [7, 11) is 0. The van der Waals surface area contributed by atoms with Gasteiger partial charge in [-0.2, -0.15) is 18.4 Å². The van der Waals surface area contributed by atoms with Crippen LogP contribution in [-0.4, -0.2) is 35.7 Å². The average molecular weight is 473 g/mol. The Labute approximate surface area is 196 Å². The standard InChI is InChI=1S/C25H26F3N3O3/c1-16(2)14-21(24(34)30-13-12-29)31-23(25(26,27)28)19-9-7-18(8-10-19)20-5-3-4-17(15-20)6-11-22(32)33/h3-11,15-16,21,23,31H,13-14H2,1-2H3,(H,30,34)(H,32,33)/b11-6+/t21-,23-/m0/s1. The lowest BCUT2D eigenvalue weighted by atomic mass is 9.97. The maximum atomic E-state index is 13.9. The predicted molar refractivity (Wildman–Crippen MR) is 122 cm³/mol. The Morgan fingerprint density at radius 3 is 2.35 bits per heavy atom. The van der Waals surface area contributed by atoms with E-state index in [1.807, 2.05) is 0 Å². The number of nitrogens with zero attached hydrogens (tertiary/aromatic N) is 1. The van der Waals surface area contributed by atoms with Gasteiger partial charge in [0.1, 0.15) is 12.6 Å². The van der Waals surface area contributed by atoms with Crippen LogP contribution in [-0.2, 0) is 9.59 Å². The summed E-state index contributed by atoms with van der Waals surface area (Å²) in [4.78, 5) is 23.1. The molecule has 0 aromatic heterocycles. The molecule has 3 N–H and O–H groups in total. The van der Waals surface area contributed by atoms with Crippen molar-refractivity contribution in [3.63, 3.8) is 0 Å². The summed E-state index contributed by atoms with van der Waals surface area (Å²) in [6, 6.07) is 11.3. The van der Waals surface area contributed by atoms with Crippen molar-refractivity contribution >= 4 is 18.0 Å². The van der Waals surface area contributed by atoms with Crippen molar-refractivity contribution in [2.75, 3.05) is 6.54 Å². The number of hydrogen-bond donors (Lipinski definition) is 3. The fourth-order valence-corrected chi connectivity index (χ4v) is 3.41. The number of aliphatic carboxylic acids is 1. The molecule has 2 rings (SSSR count). The molecule has 0 saturated carbocycles. The molecule has 0 aliphatic heterocycles. The predicted octanol–water partition coefficient (Wildman–Crippen LogP) is 4.70. The van der Waals surface area contributed by atoms with E-state index in [0.29, 0.717) is 16.7 Å². The fraction of sp³-hybridized carbons (Fsp3) is 0.320. The number of nitrogens with one attached hydrogen (secondary N) is 2. The first-order chi connectivity index (χ1) is 16.0. The highest BCUT2D eigenvalue weighted by molar-refractivity contribution is 5.85. The summed E-state index contributed by atoms with van der Waals surface area (Å²) in [5.74, 6) is -1.80. The summed E-state index contributed by atoms with van der Waals surface area (Å²) in [5.41, 5.74) is 1.95. The van der Waals surface area contributed by atoms with Gasteiger partial charge >= 0.3 is 12.1 Å². The molecule has 0 aliphatic carbocycles. The van der Waals surface area contributed by atoms with E-state index in [-0.39, 0.29) is 24.4 Å². The van der Waals surface area contributed by atoms with Crippen molar-refractivity contribution in [1.82, 2.24) is 10.6 Å². The van der Waals surface area contributed by atoms with E-state index < -0.39 is 30.1 Å². The largest absolute Gasteiger partial charge is 0.478 e. The molecule has 1 amide bonds. The van der Waals surface area contributed by atoms with Gasteiger partial charge < -0.3 is 10.4 Å². The van der Waals surface area contributed by atoms with Crippen LogP contribution in [0.15, 0.2) is 54.6 Å². The van der Waals surface area contributed by atoms with E-state index in [4.69, 9.17) is 10.4 Å². The topological polar surface area (TPSA) is 102 Å². The first-order valence-electron chi connectivity index (χ1n) is 10.6. The van der Waals surface area contributed by atoms with Crippen LogP contribution in [0.2, 0.25) is 0 Å². The molecular formula is C25H26F3N3O3. The zero-order valence-corrected chi connectivity index (χ0v) is 18.8. The molecule has 0 bridgehead atoms. The number of amides is 1. The van der Waals surface area contributed by atoms with Gasteiger partial charge in [0.2, 0.25) is 5.91 Å². The third-order valence-corrected chi connectivity index (χ3v) is 4.94. The van der Waals surface area contributed by atoms with Crippen LogP contribution in [0.5, 0.6) is 0 Å². The molecule has 0 fully saturated rings. The minimum absolute atomic E-state index is 0.0518. The van der Waals surface area contributed by atoms with E-state index in [0.717, 1.165) is 6.08 Å². The van der Waals surface area contributed by atoms with Crippen molar-refractivity contribution in [1.29, 1.82) is 5.26 Å². The first kappa shape index (κ1) is 26.6. The third-order valence-electron chi connectivity index (χ3n) is 4.94. The summed E-state index contributed by atoms with van der Waals surface area (Å²) in [6.07, 6.45) is -2.06. The quantitative estimate of drug-likeness (QED) is 0.343. The number of carboxylic acid groups (broad SMARTS) is 1. The number of carbonyl (C=O) groups excluding carboxylic acids is 1. The van der Waals surface area contributed by atoms with Crippen LogP contribution < -0.4 is 10.6 Å². The molecular weight excluding hydrogens is 447 g/mol. The maximum Gasteiger partial charge on any atom is 0.407 e. The Hall–Kier alpha value is -3.64. The van der Waals surface area contributed by atoms with Gasteiger partial charge in [-0.25, -0.2) is 4.79 Å². The lowest BCUT2D eigenvalue weighted by Crippen LogP contribution is -2.49. The maximum absolute atomic E-state index is 13.9. The third kappa shape index (κ3) is 8.05. The minimum atomic E-state index is -4.66. The van der Waals surface area contributed by atoms with Gasteiger partial charge in [-0.1, -0.05) is 56.3 Å². The number of rotatable bonds is 10. The molecule has 0 heterocycles. The van der Waals surface area contributed by atoms with Crippen molar-refractivity contribution < 1.29 is 27.9 Å². The minimum Gasteiger partial charge on any atom is -0.478 e. The molecule has 34 heavy (non-hydrogen) atoms. The summed E-state index contributed by atoms with van der Waals surface area (Å²) in [5, 5.41) is 22.2. The van der Waals surface area contributed by atoms with E-state index in [2.05, 4.69) is 10.6 Å². The highest BCUT2D eigenvalue weighted by atomic mass is 19.4. The van der Waals surface area contributed by atoms with Crippen LogP contribution in [0.4, 0.5) is 13.2 Å². The Morgan fingerprint density at radius 2 is 1.79 bits per heavy atom. The highest BCUT2D eigenvalue weighted by Crippen LogP contribution is 2.34. The van der Waals surface area contributed by atoms with Gasteiger partial charge in [-0.05, 0) is 46.7 Å². The smallest absolute Gasteiger partial charge is 0.407 e. The van der Waals surface area contributed by atoms with E-state index >= 15 is 0 Å². The summed E-state index contributed by atoms with van der Waals surface area (Å²) in [6.45, 7) is 3.30. The molecule has 9 heteroatoms. The van der Waals surface area contributed by atoms with Crippen LogP contribution in [0, 0.1) is 17.2 Å². The van der Waals surface area contributed by atoms with Crippen molar-refractivity contribution in [3.8, 4) is 17.2 Å². The van der Waals surface area contributed by atoms with Crippen molar-refractivity contribution in [2.45, 2.75) is 38.5 Å². The molecule has 0 saturated heterocycles. The number of benzene rings is 2. The molecule has 6 nitrogen and oxygen atoms in total. The van der Waals surface area contributed by atoms with Gasteiger partial charge in [0.15, 0.2) is 0 Å². The Morgan fingerprint density at radius 1 is 1.12 bits per heavy atom. The lowest BCUT2D eigenvalue weighted by Gasteiger charge is -2.28. The van der Waals surface area contributed by atoms with E-state index in [1.54, 1.807) is 56.3 Å². The molecule has 0 unspecified atom stereocenters. The summed E-state index contributed by atoms with van der Waals surface area (Å²) < 4.78 is 41.8. The number of carbonyl (C=O) groups is 2. The fourth-order valence-electron chi connectivity index (χ4n) is 3.41. The lowest BCUT2D eigenvalue weighted by molar-refractivity contribution is -0.161. The Balaban J connectivity index is 2.31. The van der Waals surface area contributed by atoms with Crippen LogP contribution in [0.1, 0.15) is 37.4 Å². The molecule has 2 aromatic carbocycles. The number of halogens is 3. The van der Waals surface area contributed by atoms with Gasteiger partial charge in [0.25, 0.3) is 0 Å². The zero-order chi connectivity index (χ0) is 25.3. The van der Waals surface area contributed by atoms with Gasteiger partial charge in [-0.15, -0.1) is 0 Å².